The number of methoxy groups -OCH3 is 1. The summed E-state index contributed by atoms with van der Waals surface area (Å²) >= 11 is -0.794. The molecular formula is C28H47NO4Sn. The van der Waals surface area contributed by atoms with Crippen LogP contribution < -0.4 is 8.90 Å². The van der Waals surface area contributed by atoms with Gasteiger partial charge in [0.25, 0.3) is 0 Å². The number of carbonyl (C=O) groups excluding carboxylic acids is 2. The van der Waals surface area contributed by atoms with Crippen molar-refractivity contribution in [3.05, 3.63) is 29.8 Å². The SMILES string of the molecule is CCCC[C](CCCC)(CCCC)[Sn][c]1ccc(C[C@H](NC(=O)OC(C)(C)C)C(=O)OC)cc1. The second-order valence-corrected chi connectivity index (χ2v) is 15.7. The van der Waals surface area contributed by atoms with E-state index >= 15 is 0 Å². The van der Waals surface area contributed by atoms with Gasteiger partial charge in [-0.3, -0.25) is 0 Å². The second kappa shape index (κ2) is 15.7. The molecule has 34 heavy (non-hydrogen) atoms. The van der Waals surface area contributed by atoms with E-state index in [1.165, 1.54) is 68.5 Å². The number of rotatable bonds is 15. The average Bonchev–Trinajstić information content (AvgIpc) is 2.79. The average molecular weight is 580 g/mol. The van der Waals surface area contributed by atoms with E-state index < -0.39 is 44.8 Å². The molecule has 1 atom stereocenters. The number of alkyl carbamates (subject to hydrolysis) is 1. The molecular weight excluding hydrogens is 533 g/mol. The van der Waals surface area contributed by atoms with Gasteiger partial charge in [-0.05, 0) is 0 Å². The number of unbranched alkanes of at least 4 members (excludes halogenated alkanes) is 3. The molecule has 1 rings (SSSR count). The number of ether oxygens (including phenoxy) is 2. The Morgan fingerprint density at radius 1 is 0.912 bits per heavy atom. The van der Waals surface area contributed by atoms with Crippen LogP contribution in [0, 0.1) is 0 Å². The Balaban J connectivity index is 2.97. The van der Waals surface area contributed by atoms with Gasteiger partial charge < -0.3 is 0 Å². The Kier molecular flexibility index (Phi) is 14.2. The number of nitrogens with one attached hydrogen (secondary N) is 1. The Morgan fingerprint density at radius 2 is 1.41 bits per heavy atom. The van der Waals surface area contributed by atoms with E-state index in [2.05, 4.69) is 50.4 Å². The third-order valence-corrected chi connectivity index (χ3v) is 11.4. The molecule has 0 aliphatic heterocycles. The Morgan fingerprint density at radius 3 is 1.82 bits per heavy atom. The van der Waals surface area contributed by atoms with E-state index in [9.17, 15) is 9.59 Å². The molecule has 0 fully saturated rings. The number of benzene rings is 1. The summed E-state index contributed by atoms with van der Waals surface area (Å²) in [5.74, 6) is -0.468. The molecule has 0 aliphatic rings. The molecule has 2 radical (unpaired) electrons. The molecule has 1 N–H and O–H groups in total. The minimum absolute atomic E-state index is 0.379. The van der Waals surface area contributed by atoms with Crippen LogP contribution in [0.1, 0.15) is 105 Å². The van der Waals surface area contributed by atoms with E-state index in [1.54, 1.807) is 20.8 Å². The maximum atomic E-state index is 12.3. The minimum atomic E-state index is -0.794. The zero-order valence-corrected chi connectivity index (χ0v) is 25.4. The predicted octanol–water partition coefficient (Wildman–Crippen LogP) is 6.35. The molecule has 0 bridgehead atoms. The van der Waals surface area contributed by atoms with Gasteiger partial charge in [0.1, 0.15) is 0 Å². The van der Waals surface area contributed by atoms with Crippen molar-refractivity contribution < 1.29 is 19.1 Å². The van der Waals surface area contributed by atoms with E-state index in [-0.39, 0.29) is 0 Å². The second-order valence-electron chi connectivity index (χ2n) is 10.3. The molecule has 1 aromatic rings. The van der Waals surface area contributed by atoms with Crippen molar-refractivity contribution in [2.24, 2.45) is 0 Å². The van der Waals surface area contributed by atoms with Crippen molar-refractivity contribution in [1.29, 1.82) is 0 Å². The van der Waals surface area contributed by atoms with Crippen molar-refractivity contribution in [2.75, 3.05) is 7.11 Å². The molecule has 0 saturated heterocycles. The molecule has 0 aromatic heterocycles. The Bertz CT molecular complexity index is 705. The fourth-order valence-corrected chi connectivity index (χ4v) is 9.44. The van der Waals surface area contributed by atoms with Crippen LogP contribution in [0.25, 0.3) is 0 Å². The van der Waals surface area contributed by atoms with Gasteiger partial charge in [0.15, 0.2) is 0 Å². The molecule has 5 nitrogen and oxygen atoms in total. The third kappa shape index (κ3) is 11.9. The molecule has 1 amide bonds. The first-order valence-electron chi connectivity index (χ1n) is 13.0. The number of carbonyl (C=O) groups is 2. The van der Waals surface area contributed by atoms with E-state index in [0.29, 0.717) is 9.85 Å². The van der Waals surface area contributed by atoms with Crippen LogP contribution in [0.4, 0.5) is 4.79 Å². The summed E-state index contributed by atoms with van der Waals surface area (Å²) in [5.41, 5.74) is 0.383. The molecule has 1 aromatic carbocycles. The molecule has 192 valence electrons. The van der Waals surface area contributed by atoms with Gasteiger partial charge in [-0.2, -0.15) is 0 Å². The molecule has 0 unspecified atom stereocenters. The zero-order chi connectivity index (χ0) is 25.6. The quantitative estimate of drug-likeness (QED) is 0.194. The first-order valence-corrected chi connectivity index (χ1v) is 15.9. The van der Waals surface area contributed by atoms with Crippen molar-refractivity contribution in [1.82, 2.24) is 5.32 Å². The molecule has 0 aliphatic carbocycles. The fourth-order valence-electron chi connectivity index (χ4n) is 4.16. The summed E-state index contributed by atoms with van der Waals surface area (Å²) in [5, 5.41) is 2.67. The third-order valence-electron chi connectivity index (χ3n) is 6.01. The van der Waals surface area contributed by atoms with Crippen LogP contribution in [0.15, 0.2) is 24.3 Å². The molecule has 0 heterocycles. The first-order chi connectivity index (χ1) is 16.1. The van der Waals surface area contributed by atoms with Gasteiger partial charge in [-0.1, -0.05) is 0 Å². The van der Waals surface area contributed by atoms with E-state index in [1.807, 2.05) is 0 Å². The maximum absolute atomic E-state index is 12.3. The monoisotopic (exact) mass is 581 g/mol. The van der Waals surface area contributed by atoms with Gasteiger partial charge in [0.2, 0.25) is 0 Å². The summed E-state index contributed by atoms with van der Waals surface area (Å²) in [4.78, 5) is 24.5. The van der Waals surface area contributed by atoms with Gasteiger partial charge in [0, 0.05) is 0 Å². The van der Waals surface area contributed by atoms with Gasteiger partial charge in [0.05, 0.1) is 0 Å². The van der Waals surface area contributed by atoms with E-state index in [0.717, 1.165) is 5.56 Å². The van der Waals surface area contributed by atoms with Crippen molar-refractivity contribution >= 4 is 36.8 Å². The van der Waals surface area contributed by atoms with Crippen LogP contribution in [0.2, 0.25) is 3.43 Å². The number of hydrogen-bond donors (Lipinski definition) is 1. The predicted molar refractivity (Wildman–Crippen MR) is 142 cm³/mol. The summed E-state index contributed by atoms with van der Waals surface area (Å²) < 4.78 is 12.3. The van der Waals surface area contributed by atoms with Crippen LogP contribution in [-0.4, -0.2) is 52.0 Å². The van der Waals surface area contributed by atoms with Crippen molar-refractivity contribution in [3.8, 4) is 0 Å². The standard InChI is InChI=1S/C15H20NO4.C13H27.Sn/c1-15(2,3)20-14(18)16-12(13(17)19-4)10-11-8-6-5-7-9-11;1-4-7-10-13(11-8-5-2)12-9-6-3;/h6-9,12H,10H2,1-4H3,(H,16,18);4-12H2,1-3H3;/t12-;;/m0../s1. The van der Waals surface area contributed by atoms with Gasteiger partial charge in [-0.25, -0.2) is 0 Å². The van der Waals surface area contributed by atoms with Crippen LogP contribution >= 0.6 is 0 Å². The molecule has 0 saturated carbocycles. The number of esters is 1. The fraction of sp³-hybridized carbons (Fsp3) is 0.714. The van der Waals surface area contributed by atoms with Gasteiger partial charge >= 0.3 is 219 Å². The number of hydrogen-bond acceptors (Lipinski definition) is 4. The summed E-state index contributed by atoms with van der Waals surface area (Å²) in [6.07, 6.45) is 11.6. The topological polar surface area (TPSA) is 64.6 Å². The van der Waals surface area contributed by atoms with Crippen LogP contribution in [-0.2, 0) is 20.7 Å². The first kappa shape index (κ1) is 30.8. The normalized spacial score (nSPS) is 12.8. The Labute approximate surface area is 218 Å². The summed E-state index contributed by atoms with van der Waals surface area (Å²) in [7, 11) is 1.34. The van der Waals surface area contributed by atoms with Gasteiger partial charge in [-0.15, -0.1) is 0 Å². The summed E-state index contributed by atoms with van der Waals surface area (Å²) in [6.45, 7) is 12.3. The Hall–Kier alpha value is -1.24. The van der Waals surface area contributed by atoms with E-state index in [4.69, 9.17) is 9.47 Å². The molecule has 6 heteroatoms. The zero-order valence-electron chi connectivity index (χ0n) is 22.6. The molecule has 0 spiro atoms. The number of amides is 1. The van der Waals surface area contributed by atoms with Crippen LogP contribution in [0.3, 0.4) is 0 Å². The van der Waals surface area contributed by atoms with Crippen LogP contribution in [0.5, 0.6) is 0 Å². The summed E-state index contributed by atoms with van der Waals surface area (Å²) in [6, 6.07) is 7.99. The van der Waals surface area contributed by atoms with Crippen molar-refractivity contribution in [3.63, 3.8) is 0 Å². The van der Waals surface area contributed by atoms with Crippen molar-refractivity contribution in [2.45, 2.75) is 121 Å².